The number of urea groups is 1. The average molecular weight is 228 g/mol. The van der Waals surface area contributed by atoms with Gasteiger partial charge in [0.05, 0.1) is 0 Å². The fraction of sp³-hybridized carbons (Fsp3) is 0.909. The molecule has 94 valence electrons. The van der Waals surface area contributed by atoms with Crippen LogP contribution in [0.3, 0.4) is 0 Å². The molecule has 16 heavy (non-hydrogen) atoms. The van der Waals surface area contributed by atoms with Gasteiger partial charge in [-0.25, -0.2) is 4.79 Å². The zero-order valence-corrected chi connectivity index (χ0v) is 10.3. The van der Waals surface area contributed by atoms with Crippen LogP contribution < -0.4 is 16.4 Å². The van der Waals surface area contributed by atoms with Gasteiger partial charge in [-0.3, -0.25) is 0 Å². The number of hydrogen-bond acceptors (Lipinski definition) is 3. The molecule has 0 radical (unpaired) electrons. The first kappa shape index (κ1) is 13.3. The van der Waals surface area contributed by atoms with Crippen molar-refractivity contribution in [2.75, 3.05) is 33.2 Å². The fourth-order valence-corrected chi connectivity index (χ4v) is 2.11. The van der Waals surface area contributed by atoms with Gasteiger partial charge in [-0.2, -0.15) is 0 Å². The van der Waals surface area contributed by atoms with Gasteiger partial charge in [0.25, 0.3) is 0 Å². The molecule has 1 aliphatic heterocycles. The number of amides is 2. The maximum Gasteiger partial charge on any atom is 0.314 e. The van der Waals surface area contributed by atoms with Gasteiger partial charge in [-0.15, -0.1) is 0 Å². The van der Waals surface area contributed by atoms with E-state index in [2.05, 4.69) is 22.5 Å². The van der Waals surface area contributed by atoms with Gasteiger partial charge in [0, 0.05) is 26.2 Å². The normalized spacial score (nSPS) is 23.8. The summed E-state index contributed by atoms with van der Waals surface area (Å²) in [5.74, 6) is 0.527. The molecule has 2 atom stereocenters. The van der Waals surface area contributed by atoms with Crippen molar-refractivity contribution in [2.24, 2.45) is 11.7 Å². The lowest BCUT2D eigenvalue weighted by atomic mass is 10.0. The fourth-order valence-electron chi connectivity index (χ4n) is 2.11. The van der Waals surface area contributed by atoms with Crippen LogP contribution in [0.15, 0.2) is 0 Å². The molecule has 0 unspecified atom stereocenters. The van der Waals surface area contributed by atoms with Crippen LogP contribution in [0.4, 0.5) is 4.79 Å². The predicted molar refractivity (Wildman–Crippen MR) is 65.3 cm³/mol. The number of likely N-dealkylation sites (tertiary alicyclic amines) is 1. The smallest absolute Gasteiger partial charge is 0.314 e. The summed E-state index contributed by atoms with van der Waals surface area (Å²) < 4.78 is 0. The van der Waals surface area contributed by atoms with E-state index in [4.69, 9.17) is 5.73 Å². The zero-order valence-electron chi connectivity index (χ0n) is 10.3. The number of rotatable bonds is 4. The Balaban J connectivity index is 2.32. The van der Waals surface area contributed by atoms with E-state index in [1.54, 1.807) is 7.05 Å². The summed E-state index contributed by atoms with van der Waals surface area (Å²) >= 11 is 0. The second-order valence-electron chi connectivity index (χ2n) is 4.66. The molecule has 0 spiro atoms. The van der Waals surface area contributed by atoms with E-state index in [1.165, 1.54) is 0 Å². The van der Waals surface area contributed by atoms with E-state index in [-0.39, 0.29) is 12.1 Å². The van der Waals surface area contributed by atoms with Crippen LogP contribution in [0.5, 0.6) is 0 Å². The minimum atomic E-state index is -0.0845. The van der Waals surface area contributed by atoms with Gasteiger partial charge in [0.15, 0.2) is 0 Å². The molecule has 0 saturated carbocycles. The first-order chi connectivity index (χ1) is 7.65. The van der Waals surface area contributed by atoms with Crippen LogP contribution in [0, 0.1) is 5.92 Å². The van der Waals surface area contributed by atoms with Crippen molar-refractivity contribution in [3.63, 3.8) is 0 Å². The van der Waals surface area contributed by atoms with Gasteiger partial charge in [-0.05, 0) is 31.8 Å². The molecule has 4 N–H and O–H groups in total. The van der Waals surface area contributed by atoms with Crippen LogP contribution in [0.2, 0.25) is 0 Å². The van der Waals surface area contributed by atoms with Crippen molar-refractivity contribution in [3.05, 3.63) is 0 Å². The van der Waals surface area contributed by atoms with Crippen LogP contribution >= 0.6 is 0 Å². The number of nitrogens with two attached hydrogens (primary N) is 1. The molecule has 0 aromatic carbocycles. The van der Waals surface area contributed by atoms with Crippen molar-refractivity contribution in [3.8, 4) is 0 Å². The molecular formula is C11H24N4O. The number of carbonyl (C=O) groups is 1. The largest absolute Gasteiger partial charge is 0.341 e. The van der Waals surface area contributed by atoms with E-state index in [0.717, 1.165) is 39.0 Å². The molecule has 5 nitrogen and oxygen atoms in total. The molecule has 1 fully saturated rings. The summed E-state index contributed by atoms with van der Waals surface area (Å²) in [6.45, 7) is 5.98. The second kappa shape index (κ2) is 6.70. The summed E-state index contributed by atoms with van der Waals surface area (Å²) in [5.41, 5.74) is 5.62. The molecule has 0 aromatic rings. The molecule has 1 heterocycles. The van der Waals surface area contributed by atoms with Crippen molar-refractivity contribution in [1.82, 2.24) is 15.5 Å². The molecule has 5 heteroatoms. The van der Waals surface area contributed by atoms with E-state index in [1.807, 2.05) is 0 Å². The Morgan fingerprint density at radius 2 is 2.38 bits per heavy atom. The minimum Gasteiger partial charge on any atom is -0.341 e. The van der Waals surface area contributed by atoms with Crippen LogP contribution in [-0.2, 0) is 0 Å². The molecule has 1 aliphatic rings. The maximum atomic E-state index is 11.2. The molecule has 0 aliphatic carbocycles. The van der Waals surface area contributed by atoms with Crippen molar-refractivity contribution in [2.45, 2.75) is 25.8 Å². The summed E-state index contributed by atoms with van der Waals surface area (Å²) in [6, 6.07) is 0.192. The number of nitrogens with one attached hydrogen (secondary N) is 2. The van der Waals surface area contributed by atoms with E-state index in [9.17, 15) is 4.79 Å². The molecule has 0 aromatic heterocycles. The number of carbonyl (C=O) groups excluding carboxylic acids is 1. The first-order valence-corrected chi connectivity index (χ1v) is 6.06. The highest BCUT2D eigenvalue weighted by Crippen LogP contribution is 2.11. The summed E-state index contributed by atoms with van der Waals surface area (Å²) in [5, 5.41) is 5.56. The van der Waals surface area contributed by atoms with Crippen molar-refractivity contribution in [1.29, 1.82) is 0 Å². The van der Waals surface area contributed by atoms with Crippen LogP contribution in [0.25, 0.3) is 0 Å². The third kappa shape index (κ3) is 4.37. The van der Waals surface area contributed by atoms with Crippen LogP contribution in [0.1, 0.15) is 19.8 Å². The second-order valence-corrected chi connectivity index (χ2v) is 4.66. The third-order valence-electron chi connectivity index (χ3n) is 3.04. The molecular weight excluding hydrogens is 204 g/mol. The highest BCUT2D eigenvalue weighted by molar-refractivity contribution is 5.73. The highest BCUT2D eigenvalue weighted by Gasteiger charge is 2.21. The number of piperidine rings is 1. The lowest BCUT2D eigenvalue weighted by Gasteiger charge is -2.34. The van der Waals surface area contributed by atoms with Gasteiger partial charge < -0.3 is 21.3 Å². The Labute approximate surface area is 97.7 Å². The SMILES string of the molecule is CNC(=O)N[C@@H]1CCCN(C[C@@H](C)CN)C1. The van der Waals surface area contributed by atoms with E-state index >= 15 is 0 Å². The summed E-state index contributed by atoms with van der Waals surface area (Å²) in [7, 11) is 1.65. The standard InChI is InChI=1S/C11H24N4O/c1-9(6-12)7-15-5-3-4-10(8-15)14-11(16)13-2/h9-10H,3-8,12H2,1-2H3,(H2,13,14,16)/t9-,10+/m0/s1. The zero-order chi connectivity index (χ0) is 12.0. The third-order valence-corrected chi connectivity index (χ3v) is 3.04. The Kier molecular flexibility index (Phi) is 5.55. The minimum absolute atomic E-state index is 0.0845. The molecule has 1 saturated heterocycles. The number of nitrogens with zero attached hydrogens (tertiary/aromatic N) is 1. The van der Waals surface area contributed by atoms with Gasteiger partial charge in [0.2, 0.25) is 0 Å². The van der Waals surface area contributed by atoms with E-state index < -0.39 is 0 Å². The summed E-state index contributed by atoms with van der Waals surface area (Å²) in [4.78, 5) is 13.6. The Morgan fingerprint density at radius 3 is 3.00 bits per heavy atom. The van der Waals surface area contributed by atoms with Crippen molar-refractivity contribution < 1.29 is 4.79 Å². The quantitative estimate of drug-likeness (QED) is 0.633. The van der Waals surface area contributed by atoms with E-state index in [0.29, 0.717) is 5.92 Å². The van der Waals surface area contributed by atoms with Gasteiger partial charge in [0.1, 0.15) is 0 Å². The number of hydrogen-bond donors (Lipinski definition) is 3. The van der Waals surface area contributed by atoms with Crippen LogP contribution in [-0.4, -0.2) is 50.2 Å². The van der Waals surface area contributed by atoms with Gasteiger partial charge >= 0.3 is 6.03 Å². The lowest BCUT2D eigenvalue weighted by molar-refractivity contribution is 0.170. The Morgan fingerprint density at radius 1 is 1.62 bits per heavy atom. The predicted octanol–water partition coefficient (Wildman–Crippen LogP) is -0.0254. The summed E-state index contributed by atoms with van der Waals surface area (Å²) in [6.07, 6.45) is 2.22. The lowest BCUT2D eigenvalue weighted by Crippen LogP contribution is -2.50. The average Bonchev–Trinajstić information content (AvgIpc) is 2.29. The molecule has 2 amide bonds. The first-order valence-electron chi connectivity index (χ1n) is 6.06. The maximum absolute atomic E-state index is 11.2. The van der Waals surface area contributed by atoms with Gasteiger partial charge in [-0.1, -0.05) is 6.92 Å². The van der Waals surface area contributed by atoms with Crippen molar-refractivity contribution >= 4 is 6.03 Å². The molecule has 0 bridgehead atoms. The highest BCUT2D eigenvalue weighted by atomic mass is 16.2. The monoisotopic (exact) mass is 228 g/mol. The topological polar surface area (TPSA) is 70.4 Å². The molecule has 1 rings (SSSR count). The Bertz CT molecular complexity index is 222. The Hall–Kier alpha value is -0.810.